The summed E-state index contributed by atoms with van der Waals surface area (Å²) in [5, 5.41) is 14.0. The fourth-order valence-corrected chi connectivity index (χ4v) is 5.06. The second-order valence-electron chi connectivity index (χ2n) is 7.87. The lowest BCUT2D eigenvalue weighted by Gasteiger charge is -2.13. The molecule has 0 bridgehead atoms. The molecule has 34 heavy (non-hydrogen) atoms. The first kappa shape index (κ1) is 25.9. The maximum absolute atomic E-state index is 13.0. The van der Waals surface area contributed by atoms with Gasteiger partial charge in [0.15, 0.2) is 0 Å². The molecule has 0 fully saturated rings. The molecule has 0 aromatic heterocycles. The van der Waals surface area contributed by atoms with Gasteiger partial charge < -0.3 is 15.2 Å². The summed E-state index contributed by atoms with van der Waals surface area (Å²) in [6.07, 6.45) is 0.0144. The summed E-state index contributed by atoms with van der Waals surface area (Å²) in [5.74, 6) is -0.470. The zero-order valence-corrected chi connectivity index (χ0v) is 20.7. The van der Waals surface area contributed by atoms with Crippen molar-refractivity contribution in [1.29, 1.82) is 0 Å². The number of hydrogen-bond donors (Lipinski definition) is 2. The highest BCUT2D eigenvalue weighted by Crippen LogP contribution is 2.24. The predicted molar refractivity (Wildman–Crippen MR) is 132 cm³/mol. The molecule has 6 nitrogen and oxygen atoms in total. The van der Waals surface area contributed by atoms with E-state index in [1.807, 2.05) is 6.07 Å². The third-order valence-corrected chi connectivity index (χ3v) is 7.40. The normalized spacial score (nSPS) is 12.4. The lowest BCUT2D eigenvalue weighted by Crippen LogP contribution is -2.23. The number of hydrogen-bond acceptors (Lipinski definition) is 6. The molecule has 180 valence electrons. The quantitative estimate of drug-likeness (QED) is 0.313. The van der Waals surface area contributed by atoms with Gasteiger partial charge in [-0.05, 0) is 86.0 Å². The first-order chi connectivity index (χ1) is 16.2. The monoisotopic (exact) mass is 501 g/mol. The number of aryl methyl sites for hydroxylation is 1. The minimum Gasteiger partial charge on any atom is -0.462 e. The summed E-state index contributed by atoms with van der Waals surface area (Å²) in [6, 6.07) is 18.2. The number of carbonyl (C=O) groups excluding carboxylic acids is 1. The van der Waals surface area contributed by atoms with Crippen molar-refractivity contribution in [3.63, 3.8) is 0 Å². The molecule has 3 rings (SSSR count). The minimum absolute atomic E-state index is 0.127. The van der Waals surface area contributed by atoms with Gasteiger partial charge >= 0.3 is 5.97 Å². The largest absolute Gasteiger partial charge is 0.462 e. The molecule has 2 N–H and O–H groups in total. The molecule has 0 radical (unpaired) electrons. The Kier molecular flexibility index (Phi) is 8.85. The van der Waals surface area contributed by atoms with Gasteiger partial charge in [-0.15, -0.1) is 0 Å². The van der Waals surface area contributed by atoms with Gasteiger partial charge in [-0.25, -0.2) is 13.2 Å². The standard InChI is InChI=1S/C26H28ClNO5S/c1-3-33-26(30)24-12-11-23(15-18(24)2)34(31,32)22-9-7-19(8-10-22)13-14-28-17-25(29)20-5-4-6-21(27)16-20/h4-12,15-16,25,28-29H,3,13-14,17H2,1-2H3/t25-/m1/s1. The second-order valence-corrected chi connectivity index (χ2v) is 10.3. The summed E-state index contributed by atoms with van der Waals surface area (Å²) in [7, 11) is -3.72. The number of ether oxygens (including phenoxy) is 1. The van der Waals surface area contributed by atoms with Crippen LogP contribution in [0.5, 0.6) is 0 Å². The summed E-state index contributed by atoms with van der Waals surface area (Å²) >= 11 is 5.96. The molecule has 0 aliphatic heterocycles. The van der Waals surface area contributed by atoms with Crippen LogP contribution in [0.2, 0.25) is 5.02 Å². The Morgan fingerprint density at radius 2 is 1.76 bits per heavy atom. The topological polar surface area (TPSA) is 92.7 Å². The summed E-state index contributed by atoms with van der Waals surface area (Å²) in [5.41, 5.74) is 2.61. The van der Waals surface area contributed by atoms with Gasteiger partial charge in [0.2, 0.25) is 9.84 Å². The third-order valence-electron chi connectivity index (χ3n) is 5.40. The van der Waals surface area contributed by atoms with Crippen LogP contribution in [-0.2, 0) is 21.0 Å². The first-order valence-corrected chi connectivity index (χ1v) is 12.8. The van der Waals surface area contributed by atoms with Crippen LogP contribution in [0.3, 0.4) is 0 Å². The van der Waals surface area contributed by atoms with Gasteiger partial charge in [-0.3, -0.25) is 0 Å². The van der Waals surface area contributed by atoms with Crippen molar-refractivity contribution >= 4 is 27.4 Å². The Bertz CT molecular complexity index is 1240. The number of rotatable bonds is 10. The lowest BCUT2D eigenvalue weighted by atomic mass is 10.1. The average Bonchev–Trinajstić information content (AvgIpc) is 2.82. The van der Waals surface area contributed by atoms with Crippen LogP contribution in [0.1, 0.15) is 40.1 Å². The molecular weight excluding hydrogens is 474 g/mol. The molecule has 3 aromatic rings. The number of benzene rings is 3. The van der Waals surface area contributed by atoms with Crippen LogP contribution >= 0.6 is 11.6 Å². The Morgan fingerprint density at radius 3 is 2.41 bits per heavy atom. The number of esters is 1. The molecule has 0 amide bonds. The van der Waals surface area contributed by atoms with E-state index in [0.29, 0.717) is 35.7 Å². The Balaban J connectivity index is 1.59. The molecule has 0 saturated carbocycles. The fraction of sp³-hybridized carbons (Fsp3) is 0.269. The molecule has 3 aromatic carbocycles. The third kappa shape index (κ3) is 6.45. The highest BCUT2D eigenvalue weighted by molar-refractivity contribution is 7.91. The Morgan fingerprint density at radius 1 is 1.06 bits per heavy atom. The SMILES string of the molecule is CCOC(=O)c1ccc(S(=O)(=O)c2ccc(CCNC[C@@H](O)c3cccc(Cl)c3)cc2)cc1C. The zero-order chi connectivity index (χ0) is 24.7. The highest BCUT2D eigenvalue weighted by atomic mass is 35.5. The first-order valence-electron chi connectivity index (χ1n) is 11.0. The number of aliphatic hydroxyl groups is 1. The maximum Gasteiger partial charge on any atom is 0.338 e. The maximum atomic E-state index is 13.0. The number of nitrogens with one attached hydrogen (secondary N) is 1. The van der Waals surface area contributed by atoms with Crippen molar-refractivity contribution in [3.8, 4) is 0 Å². The second kappa shape index (κ2) is 11.6. The molecule has 0 spiro atoms. The summed E-state index contributed by atoms with van der Waals surface area (Å²) < 4.78 is 31.1. The molecule has 0 unspecified atom stereocenters. The molecule has 8 heteroatoms. The van der Waals surface area contributed by atoms with Crippen LogP contribution in [0.15, 0.2) is 76.5 Å². The zero-order valence-electron chi connectivity index (χ0n) is 19.1. The van der Waals surface area contributed by atoms with Crippen molar-refractivity contribution in [3.05, 3.63) is 94.0 Å². The van der Waals surface area contributed by atoms with E-state index >= 15 is 0 Å². The highest BCUT2D eigenvalue weighted by Gasteiger charge is 2.20. The van der Waals surface area contributed by atoms with E-state index in [9.17, 15) is 18.3 Å². The summed E-state index contributed by atoms with van der Waals surface area (Å²) in [6.45, 7) is 4.66. The van der Waals surface area contributed by atoms with Gasteiger partial charge in [0, 0.05) is 11.6 Å². The van der Waals surface area contributed by atoms with Crippen molar-refractivity contribution in [2.24, 2.45) is 0 Å². The minimum atomic E-state index is -3.72. The smallest absolute Gasteiger partial charge is 0.338 e. The van der Waals surface area contributed by atoms with Crippen LogP contribution in [0, 0.1) is 6.92 Å². The van der Waals surface area contributed by atoms with Gasteiger partial charge in [-0.2, -0.15) is 0 Å². The van der Waals surface area contributed by atoms with Crippen LogP contribution in [0.25, 0.3) is 0 Å². The van der Waals surface area contributed by atoms with Crippen molar-refractivity contribution < 1.29 is 23.1 Å². The van der Waals surface area contributed by atoms with Gasteiger partial charge in [0.1, 0.15) is 0 Å². The van der Waals surface area contributed by atoms with E-state index < -0.39 is 21.9 Å². The van der Waals surface area contributed by atoms with E-state index in [-0.39, 0.29) is 16.4 Å². The molecule has 0 heterocycles. The van der Waals surface area contributed by atoms with Crippen molar-refractivity contribution in [1.82, 2.24) is 5.32 Å². The van der Waals surface area contributed by atoms with Crippen LogP contribution < -0.4 is 5.32 Å². The molecule has 0 aliphatic carbocycles. The van der Waals surface area contributed by atoms with Crippen LogP contribution in [-0.4, -0.2) is 39.2 Å². The number of aliphatic hydroxyl groups excluding tert-OH is 1. The average molecular weight is 502 g/mol. The van der Waals surface area contributed by atoms with E-state index in [0.717, 1.165) is 11.1 Å². The molecule has 1 atom stereocenters. The van der Waals surface area contributed by atoms with E-state index in [1.54, 1.807) is 56.3 Å². The number of halogens is 1. The van der Waals surface area contributed by atoms with Gasteiger partial charge in [0.25, 0.3) is 0 Å². The van der Waals surface area contributed by atoms with Crippen LogP contribution in [0.4, 0.5) is 0 Å². The number of sulfone groups is 1. The van der Waals surface area contributed by atoms with E-state index in [2.05, 4.69) is 5.32 Å². The van der Waals surface area contributed by atoms with E-state index in [4.69, 9.17) is 16.3 Å². The lowest BCUT2D eigenvalue weighted by molar-refractivity contribution is 0.0525. The van der Waals surface area contributed by atoms with Gasteiger partial charge in [0.05, 0.1) is 28.1 Å². The Labute approximate surface area is 205 Å². The molecule has 0 saturated heterocycles. The number of carbonyl (C=O) groups is 1. The summed E-state index contributed by atoms with van der Waals surface area (Å²) in [4.78, 5) is 12.3. The van der Waals surface area contributed by atoms with Gasteiger partial charge in [-0.1, -0.05) is 35.9 Å². The van der Waals surface area contributed by atoms with Crippen molar-refractivity contribution in [2.45, 2.75) is 36.2 Å². The fourth-order valence-electron chi connectivity index (χ4n) is 3.52. The molecule has 0 aliphatic rings. The molecular formula is C26H28ClNO5S. The predicted octanol–water partition coefficient (Wildman–Crippen LogP) is 4.52. The van der Waals surface area contributed by atoms with Crippen molar-refractivity contribution in [2.75, 3.05) is 19.7 Å². The Hall–Kier alpha value is -2.71. The van der Waals surface area contributed by atoms with E-state index in [1.165, 1.54) is 18.2 Å².